The van der Waals surface area contributed by atoms with E-state index in [-0.39, 0.29) is 43.2 Å². The van der Waals surface area contributed by atoms with Gasteiger partial charge in [0.05, 0.1) is 60.7 Å². The van der Waals surface area contributed by atoms with Crippen molar-refractivity contribution in [2.75, 3.05) is 13.1 Å². The van der Waals surface area contributed by atoms with E-state index in [1.54, 1.807) is 54.9 Å². The molecular formula is C48H42Cl2F2N8O4S2. The number of nitrogens with one attached hydrogen (secondary N) is 2. The number of thiophene rings is 2. The second-order valence-corrected chi connectivity index (χ2v) is 19.3. The van der Waals surface area contributed by atoms with Gasteiger partial charge in [0.15, 0.2) is 0 Å². The minimum absolute atomic E-state index is 0.0434. The van der Waals surface area contributed by atoms with Gasteiger partial charge >= 0.3 is 0 Å². The summed E-state index contributed by atoms with van der Waals surface area (Å²) in [5, 5.41) is 15.8. The van der Waals surface area contributed by atoms with E-state index in [2.05, 4.69) is 20.8 Å². The molecule has 0 saturated carbocycles. The van der Waals surface area contributed by atoms with Crippen molar-refractivity contribution in [3.63, 3.8) is 0 Å². The maximum absolute atomic E-state index is 13.9. The number of aromatic nitrogens is 4. The third-order valence-electron chi connectivity index (χ3n) is 11.7. The number of hydrogen-bond acceptors (Lipinski definition) is 9. The van der Waals surface area contributed by atoms with Crippen LogP contribution in [-0.2, 0) is 38.8 Å². The van der Waals surface area contributed by atoms with E-state index < -0.39 is 23.7 Å². The molecule has 0 spiro atoms. The van der Waals surface area contributed by atoms with Gasteiger partial charge in [0.25, 0.3) is 23.6 Å². The summed E-state index contributed by atoms with van der Waals surface area (Å²) in [5.74, 6) is -2.01. The Kier molecular flexibility index (Phi) is 13.3. The number of nitrogens with zero attached hydrogens (tertiary/aromatic N) is 5. The summed E-state index contributed by atoms with van der Waals surface area (Å²) in [7, 11) is 0. The molecule has 3 aliphatic heterocycles. The van der Waals surface area contributed by atoms with Gasteiger partial charge in [0, 0.05) is 53.1 Å². The molecule has 0 bridgehead atoms. The molecule has 4 N–H and O–H groups in total. The number of hydrogen-bond donors (Lipinski definition) is 3. The molecule has 2 atom stereocenters. The molecule has 10 rings (SSSR count). The van der Waals surface area contributed by atoms with E-state index in [0.717, 1.165) is 81.5 Å². The molecule has 12 nitrogen and oxygen atoms in total. The van der Waals surface area contributed by atoms with Gasteiger partial charge in [-0.15, -0.1) is 22.7 Å². The molecule has 3 aliphatic rings. The minimum atomic E-state index is -0.637. The largest absolute Gasteiger partial charge is 0.347 e. The first-order valence-corrected chi connectivity index (χ1v) is 23.8. The summed E-state index contributed by atoms with van der Waals surface area (Å²) >= 11 is 15.6. The number of aryl methyl sites for hydroxylation is 4. The lowest BCUT2D eigenvalue weighted by Crippen LogP contribution is -2.46. The van der Waals surface area contributed by atoms with Gasteiger partial charge in [-0.3, -0.25) is 33.4 Å². The maximum atomic E-state index is 13.9. The molecule has 338 valence electrons. The van der Waals surface area contributed by atoms with Crippen LogP contribution in [-0.4, -0.2) is 73.3 Å². The Morgan fingerprint density at radius 2 is 1.14 bits per heavy atom. The zero-order valence-electron chi connectivity index (χ0n) is 35.2. The van der Waals surface area contributed by atoms with Crippen LogP contribution >= 0.6 is 45.9 Å². The fourth-order valence-electron chi connectivity index (χ4n) is 8.62. The van der Waals surface area contributed by atoms with Gasteiger partial charge < -0.3 is 16.4 Å². The van der Waals surface area contributed by atoms with Crippen LogP contribution in [0, 0.1) is 11.6 Å². The van der Waals surface area contributed by atoms with Gasteiger partial charge in [-0.05, 0) is 98.2 Å². The summed E-state index contributed by atoms with van der Waals surface area (Å²) in [6.07, 6.45) is 7.48. The number of nitrogens with two attached hydrogens (primary N) is 1. The smallest absolute Gasteiger partial charge is 0.261 e. The number of rotatable bonds is 11. The standard InChI is InChI=1S/C28H22ClFN4O3S.C20H20ClFN4OS/c29-22-14-31-34-10-4-9-23-21(25(22)34)13-24(38-23)26(35)32-18(12-16-5-3-6-17(30)11-16)15-33-27(36)19-7-1-2-8-20(19)28(33)37;21-16-11-24-26-6-2-5-17-15(19(16)26)9-18(28-17)20(27)25-14(10-23)8-12-3-1-4-13(22)7-12/h1-3,5-8,11,13-14,18H,4,9-10,12,15H2,(H,32,35);1,3-4,7,9,11,14H,2,5-6,8,10,23H2,(H,25,27)/t18-;14-/m00/s1. The lowest BCUT2D eigenvalue weighted by molar-refractivity contribution is 0.0628. The van der Waals surface area contributed by atoms with Crippen molar-refractivity contribution < 1.29 is 28.0 Å². The Labute approximate surface area is 396 Å². The topological polar surface area (TPSA) is 157 Å². The van der Waals surface area contributed by atoms with Gasteiger partial charge in [0.1, 0.15) is 11.6 Å². The summed E-state index contributed by atoms with van der Waals surface area (Å²) in [4.78, 5) is 56.8. The number of fused-ring (bicyclic) bond motifs is 7. The molecule has 0 unspecified atom stereocenters. The van der Waals surface area contributed by atoms with E-state index in [1.165, 1.54) is 46.9 Å². The number of imide groups is 1. The Morgan fingerprint density at radius 3 is 1.61 bits per heavy atom. The molecule has 7 heterocycles. The molecule has 0 aliphatic carbocycles. The van der Waals surface area contributed by atoms with E-state index in [1.807, 2.05) is 27.6 Å². The van der Waals surface area contributed by atoms with E-state index >= 15 is 0 Å². The number of halogens is 4. The van der Waals surface area contributed by atoms with Crippen LogP contribution in [0.4, 0.5) is 8.78 Å². The highest BCUT2D eigenvalue weighted by Crippen LogP contribution is 2.40. The fraction of sp³-hybridized carbons (Fsp3) is 0.250. The highest BCUT2D eigenvalue weighted by atomic mass is 35.5. The average molecular weight is 968 g/mol. The Bertz CT molecular complexity index is 2970. The number of carbonyl (C=O) groups is 4. The summed E-state index contributed by atoms with van der Waals surface area (Å²) in [5.41, 5.74) is 11.5. The van der Waals surface area contributed by atoms with Crippen molar-refractivity contribution in [1.29, 1.82) is 0 Å². The van der Waals surface area contributed by atoms with Crippen molar-refractivity contribution in [2.24, 2.45) is 5.73 Å². The van der Waals surface area contributed by atoms with Crippen molar-refractivity contribution in [2.45, 2.75) is 63.7 Å². The maximum Gasteiger partial charge on any atom is 0.261 e. The lowest BCUT2D eigenvalue weighted by Gasteiger charge is -2.24. The van der Waals surface area contributed by atoms with Crippen LogP contribution < -0.4 is 16.4 Å². The molecular weight excluding hydrogens is 926 g/mol. The van der Waals surface area contributed by atoms with Crippen molar-refractivity contribution in [3.8, 4) is 22.5 Å². The third-order valence-corrected chi connectivity index (χ3v) is 14.6. The SMILES string of the molecule is NC[C@H](Cc1cccc(F)c1)NC(=O)c1cc2c(s1)CCCn1ncc(Cl)c1-2.O=C(N[C@@H](Cc1cccc(F)c1)CN1C(=O)c2ccccc2C1=O)c1cc2c(s1)CCCn1ncc(Cl)c1-2. The van der Waals surface area contributed by atoms with E-state index in [4.69, 9.17) is 28.9 Å². The van der Waals surface area contributed by atoms with Crippen LogP contribution in [0.3, 0.4) is 0 Å². The van der Waals surface area contributed by atoms with Gasteiger partial charge in [-0.25, -0.2) is 8.78 Å². The van der Waals surface area contributed by atoms with Crippen molar-refractivity contribution in [1.82, 2.24) is 35.1 Å². The Hall–Kier alpha value is -6.04. The third kappa shape index (κ3) is 9.46. The Balaban J connectivity index is 0.000000174. The number of carbonyl (C=O) groups excluding carboxylic acids is 4. The lowest BCUT2D eigenvalue weighted by atomic mass is 10.0. The van der Waals surface area contributed by atoms with Crippen LogP contribution in [0.25, 0.3) is 22.5 Å². The van der Waals surface area contributed by atoms with E-state index in [9.17, 15) is 28.0 Å². The average Bonchev–Trinajstić information content (AvgIpc) is 4.09. The first kappa shape index (κ1) is 45.1. The highest BCUT2D eigenvalue weighted by Gasteiger charge is 2.37. The summed E-state index contributed by atoms with van der Waals surface area (Å²) in [6, 6.07) is 21.9. The van der Waals surface area contributed by atoms with Gasteiger partial charge in [-0.2, -0.15) is 10.2 Å². The second-order valence-electron chi connectivity index (χ2n) is 16.2. The molecule has 0 radical (unpaired) electrons. The molecule has 3 aromatic carbocycles. The first-order chi connectivity index (χ1) is 31.9. The molecule has 0 fully saturated rings. The van der Waals surface area contributed by atoms with Crippen LogP contribution in [0.5, 0.6) is 0 Å². The molecule has 66 heavy (non-hydrogen) atoms. The predicted octanol–water partition coefficient (Wildman–Crippen LogP) is 8.64. The first-order valence-electron chi connectivity index (χ1n) is 21.4. The summed E-state index contributed by atoms with van der Waals surface area (Å²) in [6.45, 7) is 1.79. The van der Waals surface area contributed by atoms with Crippen LogP contribution in [0.1, 0.15) is 73.8 Å². The quantitative estimate of drug-likeness (QED) is 0.110. The van der Waals surface area contributed by atoms with E-state index in [0.29, 0.717) is 42.9 Å². The molecule has 7 aromatic rings. The zero-order chi connectivity index (χ0) is 46.1. The number of amides is 4. The fourth-order valence-corrected chi connectivity index (χ4v) is 11.3. The monoisotopic (exact) mass is 966 g/mol. The van der Waals surface area contributed by atoms with Crippen molar-refractivity contribution in [3.05, 3.63) is 161 Å². The van der Waals surface area contributed by atoms with Gasteiger partial charge in [-0.1, -0.05) is 59.6 Å². The summed E-state index contributed by atoms with van der Waals surface area (Å²) < 4.78 is 31.1. The molecule has 4 aromatic heterocycles. The normalized spacial score (nSPS) is 14.7. The van der Waals surface area contributed by atoms with Crippen LogP contribution in [0.15, 0.2) is 97.3 Å². The predicted molar refractivity (Wildman–Crippen MR) is 251 cm³/mol. The molecule has 18 heteroatoms. The van der Waals surface area contributed by atoms with Crippen molar-refractivity contribution >= 4 is 69.5 Å². The Morgan fingerprint density at radius 1 is 0.667 bits per heavy atom. The highest BCUT2D eigenvalue weighted by molar-refractivity contribution is 7.15. The minimum Gasteiger partial charge on any atom is -0.347 e. The van der Waals surface area contributed by atoms with Gasteiger partial charge in [0.2, 0.25) is 0 Å². The molecule has 0 saturated heterocycles. The van der Waals surface area contributed by atoms with Crippen LogP contribution in [0.2, 0.25) is 10.0 Å². The second kappa shape index (κ2) is 19.4. The molecule has 4 amide bonds. The number of benzene rings is 3. The zero-order valence-corrected chi connectivity index (χ0v) is 38.4.